The first-order chi connectivity index (χ1) is 7.78. The van der Waals surface area contributed by atoms with Crippen LogP contribution in [0.3, 0.4) is 0 Å². The summed E-state index contributed by atoms with van der Waals surface area (Å²) in [4.78, 5) is 2.62. The third-order valence-corrected chi connectivity index (χ3v) is 5.15. The van der Waals surface area contributed by atoms with Gasteiger partial charge in [-0.1, -0.05) is 13.8 Å². The van der Waals surface area contributed by atoms with Crippen molar-refractivity contribution < 1.29 is 0 Å². The Morgan fingerprint density at radius 3 is 2.56 bits per heavy atom. The summed E-state index contributed by atoms with van der Waals surface area (Å²) in [7, 11) is 0. The molecule has 0 aromatic carbocycles. The maximum absolute atomic E-state index is 3.86. The van der Waals surface area contributed by atoms with Crippen LogP contribution < -0.4 is 5.32 Å². The third kappa shape index (κ3) is 3.64. The topological polar surface area (TPSA) is 15.3 Å². The Balaban J connectivity index is 1.65. The fraction of sp³-hybridized carbons (Fsp3) is 1.00. The SMILES string of the molecule is CCCN1CCC(NC2CSC(C)C2)CC1. The van der Waals surface area contributed by atoms with Crippen LogP contribution in [0.5, 0.6) is 0 Å². The van der Waals surface area contributed by atoms with Gasteiger partial charge in [0.1, 0.15) is 0 Å². The average molecular weight is 242 g/mol. The van der Waals surface area contributed by atoms with Gasteiger partial charge in [0, 0.05) is 23.1 Å². The van der Waals surface area contributed by atoms with Gasteiger partial charge in [-0.25, -0.2) is 0 Å². The fourth-order valence-corrected chi connectivity index (χ4v) is 4.07. The van der Waals surface area contributed by atoms with Gasteiger partial charge >= 0.3 is 0 Å². The quantitative estimate of drug-likeness (QED) is 0.814. The van der Waals surface area contributed by atoms with Crippen LogP contribution in [0, 0.1) is 0 Å². The second kappa shape index (κ2) is 6.27. The molecule has 2 heterocycles. The van der Waals surface area contributed by atoms with E-state index in [2.05, 4.69) is 35.8 Å². The van der Waals surface area contributed by atoms with Crippen LogP contribution in [-0.4, -0.2) is 47.6 Å². The molecule has 1 N–H and O–H groups in total. The summed E-state index contributed by atoms with van der Waals surface area (Å²) in [5.41, 5.74) is 0. The van der Waals surface area contributed by atoms with Gasteiger partial charge in [-0.15, -0.1) is 0 Å². The van der Waals surface area contributed by atoms with E-state index in [1.165, 1.54) is 51.1 Å². The molecule has 2 rings (SSSR count). The predicted molar refractivity (Wildman–Crippen MR) is 73.2 cm³/mol. The zero-order chi connectivity index (χ0) is 11.4. The van der Waals surface area contributed by atoms with Crippen molar-refractivity contribution in [2.75, 3.05) is 25.4 Å². The zero-order valence-corrected chi connectivity index (χ0v) is 11.6. The van der Waals surface area contributed by atoms with Gasteiger partial charge in [-0.05, 0) is 45.3 Å². The largest absolute Gasteiger partial charge is 0.310 e. The molecule has 0 radical (unpaired) electrons. The summed E-state index contributed by atoms with van der Waals surface area (Å²) in [6, 6.07) is 1.59. The first-order valence-corrected chi connectivity index (χ1v) is 7.92. The molecule has 2 saturated heterocycles. The number of hydrogen-bond acceptors (Lipinski definition) is 3. The minimum atomic E-state index is 0.794. The van der Waals surface area contributed by atoms with Crippen LogP contribution in [0.1, 0.15) is 39.5 Å². The second-order valence-electron chi connectivity index (χ2n) is 5.36. The van der Waals surface area contributed by atoms with Crippen molar-refractivity contribution in [2.24, 2.45) is 0 Å². The lowest BCUT2D eigenvalue weighted by atomic mass is 10.0. The van der Waals surface area contributed by atoms with E-state index in [4.69, 9.17) is 0 Å². The molecule has 0 aliphatic carbocycles. The molecule has 0 bridgehead atoms. The van der Waals surface area contributed by atoms with Crippen molar-refractivity contribution in [3.8, 4) is 0 Å². The number of piperidine rings is 1. The van der Waals surface area contributed by atoms with E-state index in [9.17, 15) is 0 Å². The molecule has 2 aliphatic rings. The Labute approximate surface area is 105 Å². The van der Waals surface area contributed by atoms with Gasteiger partial charge in [-0.3, -0.25) is 0 Å². The highest BCUT2D eigenvalue weighted by Gasteiger charge is 2.26. The van der Waals surface area contributed by atoms with Crippen molar-refractivity contribution in [1.82, 2.24) is 10.2 Å². The van der Waals surface area contributed by atoms with Gasteiger partial charge in [0.05, 0.1) is 0 Å². The van der Waals surface area contributed by atoms with Crippen molar-refractivity contribution >= 4 is 11.8 Å². The average Bonchev–Trinajstić information content (AvgIpc) is 2.67. The van der Waals surface area contributed by atoms with Gasteiger partial charge in [0.15, 0.2) is 0 Å². The van der Waals surface area contributed by atoms with Crippen LogP contribution in [0.4, 0.5) is 0 Å². The van der Waals surface area contributed by atoms with Crippen molar-refractivity contribution in [3.63, 3.8) is 0 Å². The van der Waals surface area contributed by atoms with Crippen LogP contribution in [0.2, 0.25) is 0 Å². The van der Waals surface area contributed by atoms with E-state index < -0.39 is 0 Å². The molecule has 3 heteroatoms. The summed E-state index contributed by atoms with van der Waals surface area (Å²) in [5, 5.41) is 4.74. The Morgan fingerprint density at radius 1 is 1.25 bits per heavy atom. The van der Waals surface area contributed by atoms with Crippen molar-refractivity contribution in [3.05, 3.63) is 0 Å². The van der Waals surface area contributed by atoms with E-state index in [1.54, 1.807) is 0 Å². The molecule has 2 atom stereocenters. The molecule has 0 amide bonds. The standard InChI is InChI=1S/C13H26N2S/c1-3-6-15-7-4-12(5-8-15)14-13-9-11(2)16-10-13/h11-14H,3-10H2,1-2H3. The lowest BCUT2D eigenvalue weighted by molar-refractivity contribution is 0.192. The summed E-state index contributed by atoms with van der Waals surface area (Å²) in [6.07, 6.45) is 5.39. The zero-order valence-electron chi connectivity index (χ0n) is 10.7. The molecule has 0 spiro atoms. The van der Waals surface area contributed by atoms with E-state index in [-0.39, 0.29) is 0 Å². The minimum absolute atomic E-state index is 0.794. The molecule has 0 aromatic rings. The number of nitrogens with zero attached hydrogens (tertiary/aromatic N) is 1. The maximum Gasteiger partial charge on any atom is 0.0171 e. The summed E-state index contributed by atoms with van der Waals surface area (Å²) < 4.78 is 0. The first kappa shape index (κ1) is 12.7. The minimum Gasteiger partial charge on any atom is -0.310 e. The molecule has 94 valence electrons. The summed E-state index contributed by atoms with van der Waals surface area (Å²) >= 11 is 2.13. The summed E-state index contributed by atoms with van der Waals surface area (Å²) in [6.45, 7) is 8.54. The highest BCUT2D eigenvalue weighted by atomic mass is 32.2. The smallest absolute Gasteiger partial charge is 0.0171 e. The molecular formula is C13H26N2S. The normalized spacial score (nSPS) is 33.4. The molecule has 0 aromatic heterocycles. The monoisotopic (exact) mass is 242 g/mol. The maximum atomic E-state index is 3.86. The molecule has 2 nitrogen and oxygen atoms in total. The van der Waals surface area contributed by atoms with Crippen LogP contribution in [-0.2, 0) is 0 Å². The molecule has 0 saturated carbocycles. The van der Waals surface area contributed by atoms with Gasteiger partial charge < -0.3 is 10.2 Å². The van der Waals surface area contributed by atoms with Gasteiger partial charge in [-0.2, -0.15) is 11.8 Å². The molecule has 2 fully saturated rings. The molecule has 16 heavy (non-hydrogen) atoms. The van der Waals surface area contributed by atoms with Crippen molar-refractivity contribution in [2.45, 2.75) is 56.9 Å². The van der Waals surface area contributed by atoms with E-state index >= 15 is 0 Å². The number of thioether (sulfide) groups is 1. The van der Waals surface area contributed by atoms with E-state index in [1.807, 2.05) is 0 Å². The van der Waals surface area contributed by atoms with Crippen molar-refractivity contribution in [1.29, 1.82) is 0 Å². The molecule has 2 unspecified atom stereocenters. The number of likely N-dealkylation sites (tertiary alicyclic amines) is 1. The fourth-order valence-electron chi connectivity index (χ4n) is 2.91. The van der Waals surface area contributed by atoms with E-state index in [0.717, 1.165) is 17.3 Å². The third-order valence-electron chi connectivity index (χ3n) is 3.80. The number of rotatable bonds is 4. The second-order valence-corrected chi connectivity index (χ2v) is 6.83. The van der Waals surface area contributed by atoms with Gasteiger partial charge in [0.2, 0.25) is 0 Å². The lowest BCUT2D eigenvalue weighted by Crippen LogP contribution is -2.46. The Morgan fingerprint density at radius 2 is 2.00 bits per heavy atom. The van der Waals surface area contributed by atoms with Crippen LogP contribution >= 0.6 is 11.8 Å². The Hall–Kier alpha value is 0.270. The summed E-state index contributed by atoms with van der Waals surface area (Å²) in [5.74, 6) is 1.33. The molecular weight excluding hydrogens is 216 g/mol. The Kier molecular flexibility index (Phi) is 4.98. The first-order valence-electron chi connectivity index (χ1n) is 6.88. The highest BCUT2D eigenvalue weighted by molar-refractivity contribution is 8.00. The van der Waals surface area contributed by atoms with Crippen LogP contribution in [0.15, 0.2) is 0 Å². The van der Waals surface area contributed by atoms with Gasteiger partial charge in [0.25, 0.3) is 0 Å². The number of nitrogens with one attached hydrogen (secondary N) is 1. The molecule has 2 aliphatic heterocycles. The lowest BCUT2D eigenvalue weighted by Gasteiger charge is -2.33. The van der Waals surface area contributed by atoms with Crippen LogP contribution in [0.25, 0.3) is 0 Å². The van der Waals surface area contributed by atoms with E-state index in [0.29, 0.717) is 0 Å². The predicted octanol–water partition coefficient (Wildman–Crippen LogP) is 2.34. The highest BCUT2D eigenvalue weighted by Crippen LogP contribution is 2.27. The number of hydrogen-bond donors (Lipinski definition) is 1. The Bertz CT molecular complexity index is 202.